The number of nitrogens with one attached hydrogen (secondary N) is 3. The van der Waals surface area contributed by atoms with Gasteiger partial charge in [0.15, 0.2) is 0 Å². The van der Waals surface area contributed by atoms with E-state index in [1.54, 1.807) is 0 Å². The smallest absolute Gasteiger partial charge is 0.251 e. The lowest BCUT2D eigenvalue weighted by molar-refractivity contribution is -0.128. The van der Waals surface area contributed by atoms with Gasteiger partial charge in [-0.3, -0.25) is 19.4 Å². The molecule has 164 valence electrons. The summed E-state index contributed by atoms with van der Waals surface area (Å²) in [5.74, 6) is -1.40. The highest BCUT2D eigenvalue weighted by Gasteiger charge is 2.15. The summed E-state index contributed by atoms with van der Waals surface area (Å²) in [5, 5.41) is 7.13. The van der Waals surface area contributed by atoms with Crippen molar-refractivity contribution >= 4 is 24.0 Å². The van der Waals surface area contributed by atoms with Crippen molar-refractivity contribution in [2.75, 3.05) is 13.1 Å². The van der Waals surface area contributed by atoms with Gasteiger partial charge >= 0.3 is 0 Å². The van der Waals surface area contributed by atoms with Crippen molar-refractivity contribution < 1.29 is 19.2 Å². The molecule has 1 atom stereocenters. The third kappa shape index (κ3) is 19.8. The van der Waals surface area contributed by atoms with Crippen molar-refractivity contribution in [3.8, 4) is 0 Å². The van der Waals surface area contributed by atoms with Gasteiger partial charge in [-0.05, 0) is 24.5 Å². The minimum absolute atomic E-state index is 0.113. The number of aldehydes is 1. The minimum Gasteiger partial charge on any atom is -0.348 e. The number of carbonyl (C=O) groups is 4. The number of hydrogen-bond donors (Lipinski definition) is 3. The van der Waals surface area contributed by atoms with Crippen LogP contribution in [0.25, 0.3) is 0 Å². The fourth-order valence-corrected chi connectivity index (χ4v) is 1.42. The monoisotopic (exact) mass is 408 g/mol. The molecule has 0 spiro atoms. The van der Waals surface area contributed by atoms with Gasteiger partial charge in [-0.2, -0.15) is 0 Å². The van der Waals surface area contributed by atoms with Gasteiger partial charge < -0.3 is 20.7 Å². The summed E-state index contributed by atoms with van der Waals surface area (Å²) in [6, 6.07) is 2.24. The van der Waals surface area contributed by atoms with E-state index in [9.17, 15) is 19.2 Å². The first kappa shape index (κ1) is 28.4. The van der Waals surface area contributed by atoms with Gasteiger partial charge in [0.2, 0.25) is 11.8 Å². The van der Waals surface area contributed by atoms with E-state index in [1.165, 1.54) is 37.9 Å². The van der Waals surface area contributed by atoms with Crippen LogP contribution in [0.5, 0.6) is 0 Å². The number of hydrogen-bond acceptors (Lipinski definition) is 5. The molecule has 1 unspecified atom stereocenters. The number of carbonyl (C=O) groups excluding carboxylic acids is 4. The molecule has 29 heavy (non-hydrogen) atoms. The van der Waals surface area contributed by atoms with Gasteiger partial charge in [-0.15, -0.1) is 0 Å². The van der Waals surface area contributed by atoms with Crippen LogP contribution in [-0.4, -0.2) is 48.1 Å². The summed E-state index contributed by atoms with van der Waals surface area (Å²) in [6.07, 6.45) is 4.73. The number of amides is 3. The second-order valence-corrected chi connectivity index (χ2v) is 7.83. The Morgan fingerprint density at radius 3 is 2.00 bits per heavy atom. The van der Waals surface area contributed by atoms with Crippen molar-refractivity contribution in [3.05, 3.63) is 30.1 Å². The zero-order valence-electron chi connectivity index (χ0n) is 18.7. The molecule has 8 heteroatoms. The van der Waals surface area contributed by atoms with Crippen molar-refractivity contribution in [1.82, 2.24) is 20.9 Å². The molecule has 1 heterocycles. The van der Waals surface area contributed by atoms with E-state index >= 15 is 0 Å². The fraction of sp³-hybridized carbons (Fsp3) is 0.571. The van der Waals surface area contributed by atoms with E-state index in [0.29, 0.717) is 17.3 Å². The van der Waals surface area contributed by atoms with Crippen LogP contribution in [-0.2, 0) is 14.4 Å². The Labute approximate surface area is 174 Å². The van der Waals surface area contributed by atoms with Gasteiger partial charge in [-0.1, -0.05) is 48.0 Å². The SMILES string of the molecule is CC(C)(C)C.CC(NC(=O)CNC(=O)c1ccncc1)C(=O)NCC=O.CCC. The lowest BCUT2D eigenvalue weighted by atomic mass is 10.0. The highest BCUT2D eigenvalue weighted by molar-refractivity contribution is 5.97. The molecule has 0 bridgehead atoms. The normalized spacial score (nSPS) is 10.7. The highest BCUT2D eigenvalue weighted by Crippen LogP contribution is 2.08. The molecular weight excluding hydrogens is 372 g/mol. The van der Waals surface area contributed by atoms with Crippen molar-refractivity contribution in [2.24, 2.45) is 5.41 Å². The quantitative estimate of drug-likeness (QED) is 0.597. The first-order valence-corrected chi connectivity index (χ1v) is 9.65. The predicted octanol–water partition coefficient (Wildman–Crippen LogP) is 2.10. The van der Waals surface area contributed by atoms with Crippen molar-refractivity contribution in [3.63, 3.8) is 0 Å². The molecular formula is C21H36N4O4. The largest absolute Gasteiger partial charge is 0.348 e. The fourth-order valence-electron chi connectivity index (χ4n) is 1.42. The van der Waals surface area contributed by atoms with Crippen molar-refractivity contribution in [1.29, 1.82) is 0 Å². The molecule has 0 saturated carbocycles. The Morgan fingerprint density at radius 1 is 1.07 bits per heavy atom. The molecule has 0 aliphatic carbocycles. The van der Waals surface area contributed by atoms with Gasteiger partial charge in [0.05, 0.1) is 13.1 Å². The zero-order chi connectivity index (χ0) is 22.9. The predicted molar refractivity (Wildman–Crippen MR) is 114 cm³/mol. The average Bonchev–Trinajstić information content (AvgIpc) is 2.64. The number of rotatable bonds is 7. The van der Waals surface area contributed by atoms with Crippen LogP contribution in [0.15, 0.2) is 24.5 Å². The Hall–Kier alpha value is -2.77. The van der Waals surface area contributed by atoms with Gasteiger partial charge in [0.25, 0.3) is 5.91 Å². The third-order valence-corrected chi connectivity index (χ3v) is 2.48. The zero-order valence-corrected chi connectivity index (χ0v) is 18.7. The maximum absolute atomic E-state index is 11.7. The van der Waals surface area contributed by atoms with E-state index in [-0.39, 0.29) is 13.1 Å². The molecule has 3 amide bonds. The summed E-state index contributed by atoms with van der Waals surface area (Å²) < 4.78 is 0. The molecule has 0 aliphatic heterocycles. The van der Waals surface area contributed by atoms with Gasteiger partial charge in [0.1, 0.15) is 12.3 Å². The van der Waals surface area contributed by atoms with E-state index in [2.05, 4.69) is 62.5 Å². The first-order valence-electron chi connectivity index (χ1n) is 9.65. The Morgan fingerprint density at radius 2 is 1.55 bits per heavy atom. The number of nitrogens with zero attached hydrogens (tertiary/aromatic N) is 1. The van der Waals surface area contributed by atoms with Crippen LogP contribution in [0.3, 0.4) is 0 Å². The highest BCUT2D eigenvalue weighted by atomic mass is 16.2. The van der Waals surface area contributed by atoms with Crippen molar-refractivity contribution in [2.45, 2.75) is 60.9 Å². The average molecular weight is 409 g/mol. The minimum atomic E-state index is -0.796. The molecule has 0 fully saturated rings. The molecule has 0 radical (unpaired) electrons. The summed E-state index contributed by atoms with van der Waals surface area (Å²) >= 11 is 0. The third-order valence-electron chi connectivity index (χ3n) is 2.48. The van der Waals surface area contributed by atoms with Crippen LogP contribution in [0.4, 0.5) is 0 Å². The maximum atomic E-state index is 11.7. The van der Waals surface area contributed by atoms with E-state index < -0.39 is 23.8 Å². The molecule has 0 aromatic carbocycles. The molecule has 1 aromatic rings. The molecule has 0 saturated heterocycles. The Bertz CT molecular complexity index is 607. The second-order valence-electron chi connectivity index (χ2n) is 7.83. The molecule has 1 rings (SSSR count). The topological polar surface area (TPSA) is 117 Å². The van der Waals surface area contributed by atoms with Crippen LogP contribution in [0.1, 0.15) is 65.2 Å². The van der Waals surface area contributed by atoms with E-state index in [0.717, 1.165) is 0 Å². The van der Waals surface area contributed by atoms with Gasteiger partial charge in [0, 0.05) is 18.0 Å². The number of pyridine rings is 1. The Balaban J connectivity index is 0. The Kier molecular flexibility index (Phi) is 15.9. The molecule has 8 nitrogen and oxygen atoms in total. The van der Waals surface area contributed by atoms with E-state index in [1.807, 2.05) is 0 Å². The molecule has 0 aliphatic rings. The molecule has 3 N–H and O–H groups in total. The van der Waals surface area contributed by atoms with Crippen LogP contribution >= 0.6 is 0 Å². The van der Waals surface area contributed by atoms with E-state index in [4.69, 9.17) is 0 Å². The summed E-state index contributed by atoms with van der Waals surface area (Å²) in [5.41, 5.74) is 0.884. The maximum Gasteiger partial charge on any atom is 0.251 e. The lowest BCUT2D eigenvalue weighted by Crippen LogP contribution is -2.48. The standard InChI is InChI=1S/C13H16N4O4.C5H12.C3H8/c1-9(12(20)15-6-7-18)17-11(19)8-16-13(21)10-2-4-14-5-3-10;1-5(2,3)4;1-3-2/h2-5,7,9H,6,8H2,1H3,(H,15,20)(H,16,21)(H,17,19);1-4H3;3H2,1-2H3. The van der Waals surface area contributed by atoms with Crippen LogP contribution in [0, 0.1) is 5.41 Å². The van der Waals surface area contributed by atoms with Crippen LogP contribution < -0.4 is 16.0 Å². The van der Waals surface area contributed by atoms with Crippen LogP contribution in [0.2, 0.25) is 0 Å². The summed E-state index contributed by atoms with van der Waals surface area (Å²) in [4.78, 5) is 48.6. The second kappa shape index (κ2) is 16.2. The van der Waals surface area contributed by atoms with Gasteiger partial charge in [-0.25, -0.2) is 0 Å². The lowest BCUT2D eigenvalue weighted by Gasteiger charge is -2.13. The number of aromatic nitrogens is 1. The summed E-state index contributed by atoms with van der Waals surface area (Å²) in [7, 11) is 0. The molecule has 1 aromatic heterocycles. The summed E-state index contributed by atoms with van der Waals surface area (Å²) in [6.45, 7) is 14.1. The first-order chi connectivity index (χ1) is 13.5.